The second-order valence-corrected chi connectivity index (χ2v) is 3.62. The zero-order chi connectivity index (χ0) is 10.2. The molecule has 0 aromatic rings. The van der Waals surface area contributed by atoms with Crippen molar-refractivity contribution in [3.63, 3.8) is 0 Å². The first-order chi connectivity index (χ1) is 6.12. The Morgan fingerprint density at radius 1 is 1.38 bits per heavy atom. The maximum atomic E-state index is 9.77. The molecule has 0 aromatic heterocycles. The number of rotatable bonds is 8. The molecule has 0 spiro atoms. The third kappa shape index (κ3) is 8.22. The molecule has 2 N–H and O–H groups in total. The minimum absolute atomic E-state index is 0.568. The van der Waals surface area contributed by atoms with E-state index in [1.807, 2.05) is 13.8 Å². The van der Waals surface area contributed by atoms with Crippen LogP contribution in [-0.4, -0.2) is 37.0 Å². The summed E-state index contributed by atoms with van der Waals surface area (Å²) in [4.78, 5) is 0. The van der Waals surface area contributed by atoms with Gasteiger partial charge >= 0.3 is 0 Å². The van der Waals surface area contributed by atoms with Crippen LogP contribution in [0.4, 0.5) is 0 Å². The van der Waals surface area contributed by atoms with E-state index in [1.165, 1.54) is 0 Å². The van der Waals surface area contributed by atoms with Crippen molar-refractivity contribution in [2.45, 2.75) is 39.2 Å². The lowest BCUT2D eigenvalue weighted by molar-refractivity contribution is 0.0474. The largest absolute Gasteiger partial charge is 0.389 e. The molecule has 0 saturated heterocycles. The molecule has 0 aliphatic heterocycles. The van der Waals surface area contributed by atoms with Gasteiger partial charge in [0.2, 0.25) is 0 Å². The molecule has 0 bridgehead atoms. The van der Waals surface area contributed by atoms with E-state index in [1.54, 1.807) is 0 Å². The summed E-state index contributed by atoms with van der Waals surface area (Å²) in [5.74, 6) is 0. The van der Waals surface area contributed by atoms with Gasteiger partial charge in [0, 0.05) is 19.7 Å². The maximum Gasteiger partial charge on any atom is 0.0743 e. The smallest absolute Gasteiger partial charge is 0.0743 e. The first-order valence-electron chi connectivity index (χ1n) is 5.13. The Morgan fingerprint density at radius 3 is 2.62 bits per heavy atom. The summed E-state index contributed by atoms with van der Waals surface area (Å²) in [7, 11) is 0. The standard InChI is InChI=1S/C10H23NO2/c1-4-6-10(3,12)9-11-7-8-13-5-2/h11-12H,4-9H2,1-3H3. The van der Waals surface area contributed by atoms with Crippen molar-refractivity contribution in [1.82, 2.24) is 5.32 Å². The molecule has 1 atom stereocenters. The van der Waals surface area contributed by atoms with Crippen molar-refractivity contribution in [3.05, 3.63) is 0 Å². The van der Waals surface area contributed by atoms with Gasteiger partial charge in [0.25, 0.3) is 0 Å². The summed E-state index contributed by atoms with van der Waals surface area (Å²) in [6.07, 6.45) is 1.86. The van der Waals surface area contributed by atoms with E-state index >= 15 is 0 Å². The summed E-state index contributed by atoms with van der Waals surface area (Å²) in [5, 5.41) is 12.9. The van der Waals surface area contributed by atoms with Gasteiger partial charge in [-0.15, -0.1) is 0 Å². The van der Waals surface area contributed by atoms with Gasteiger partial charge in [-0.25, -0.2) is 0 Å². The third-order valence-electron chi connectivity index (χ3n) is 1.92. The predicted octanol–water partition coefficient (Wildman–Crippen LogP) is 1.16. The molecule has 80 valence electrons. The van der Waals surface area contributed by atoms with Crippen molar-refractivity contribution < 1.29 is 9.84 Å². The van der Waals surface area contributed by atoms with E-state index in [4.69, 9.17) is 4.74 Å². The second kappa shape index (κ2) is 7.30. The van der Waals surface area contributed by atoms with Crippen molar-refractivity contribution in [3.8, 4) is 0 Å². The van der Waals surface area contributed by atoms with Gasteiger partial charge < -0.3 is 15.2 Å². The van der Waals surface area contributed by atoms with Gasteiger partial charge in [-0.1, -0.05) is 13.3 Å². The number of ether oxygens (including phenoxy) is 1. The summed E-state index contributed by atoms with van der Waals surface area (Å²) in [6.45, 7) is 8.86. The lowest BCUT2D eigenvalue weighted by Crippen LogP contribution is -2.38. The number of hydrogen-bond donors (Lipinski definition) is 2. The zero-order valence-corrected chi connectivity index (χ0v) is 9.10. The molecule has 3 heteroatoms. The summed E-state index contributed by atoms with van der Waals surface area (Å²) in [5.41, 5.74) is -0.568. The molecular weight excluding hydrogens is 166 g/mol. The lowest BCUT2D eigenvalue weighted by Gasteiger charge is -2.22. The maximum absolute atomic E-state index is 9.77. The topological polar surface area (TPSA) is 41.5 Å². The van der Waals surface area contributed by atoms with Crippen LogP contribution in [0.1, 0.15) is 33.6 Å². The van der Waals surface area contributed by atoms with Crippen molar-refractivity contribution in [2.24, 2.45) is 0 Å². The predicted molar refractivity (Wildman–Crippen MR) is 54.9 cm³/mol. The van der Waals surface area contributed by atoms with Gasteiger partial charge in [0.1, 0.15) is 0 Å². The fourth-order valence-electron chi connectivity index (χ4n) is 1.27. The van der Waals surface area contributed by atoms with E-state index in [0.717, 1.165) is 32.6 Å². The summed E-state index contributed by atoms with van der Waals surface area (Å²) >= 11 is 0. The highest BCUT2D eigenvalue weighted by molar-refractivity contribution is 4.74. The summed E-state index contributed by atoms with van der Waals surface area (Å²) < 4.78 is 5.16. The average molecular weight is 189 g/mol. The Labute approximate surface area is 81.5 Å². The van der Waals surface area contributed by atoms with E-state index in [2.05, 4.69) is 12.2 Å². The van der Waals surface area contributed by atoms with Gasteiger partial charge in [-0.3, -0.25) is 0 Å². The van der Waals surface area contributed by atoms with E-state index in [-0.39, 0.29) is 0 Å². The van der Waals surface area contributed by atoms with Crippen LogP contribution in [0.3, 0.4) is 0 Å². The number of nitrogens with one attached hydrogen (secondary N) is 1. The minimum atomic E-state index is -0.568. The summed E-state index contributed by atoms with van der Waals surface area (Å²) in [6, 6.07) is 0. The van der Waals surface area contributed by atoms with Crippen LogP contribution in [0.2, 0.25) is 0 Å². The number of hydrogen-bond acceptors (Lipinski definition) is 3. The molecule has 0 aromatic carbocycles. The first-order valence-corrected chi connectivity index (χ1v) is 5.13. The Kier molecular flexibility index (Phi) is 7.23. The Morgan fingerprint density at radius 2 is 2.08 bits per heavy atom. The average Bonchev–Trinajstić information content (AvgIpc) is 2.04. The fourth-order valence-corrected chi connectivity index (χ4v) is 1.27. The molecular formula is C10H23NO2. The normalized spacial score (nSPS) is 15.7. The van der Waals surface area contributed by atoms with Gasteiger partial charge in [0.05, 0.1) is 12.2 Å². The van der Waals surface area contributed by atoms with Crippen molar-refractivity contribution >= 4 is 0 Å². The van der Waals surface area contributed by atoms with Crippen LogP contribution >= 0.6 is 0 Å². The van der Waals surface area contributed by atoms with Crippen LogP contribution in [0.5, 0.6) is 0 Å². The Balaban J connectivity index is 3.29. The van der Waals surface area contributed by atoms with Crippen LogP contribution in [-0.2, 0) is 4.74 Å². The van der Waals surface area contributed by atoms with E-state index in [9.17, 15) is 5.11 Å². The molecule has 0 aliphatic rings. The van der Waals surface area contributed by atoms with Crippen molar-refractivity contribution in [1.29, 1.82) is 0 Å². The zero-order valence-electron chi connectivity index (χ0n) is 9.10. The second-order valence-electron chi connectivity index (χ2n) is 3.62. The lowest BCUT2D eigenvalue weighted by atomic mass is 10.0. The van der Waals surface area contributed by atoms with E-state index < -0.39 is 5.60 Å². The highest BCUT2D eigenvalue weighted by Crippen LogP contribution is 2.09. The first kappa shape index (κ1) is 12.9. The van der Waals surface area contributed by atoms with Crippen LogP contribution in [0.25, 0.3) is 0 Å². The monoisotopic (exact) mass is 189 g/mol. The minimum Gasteiger partial charge on any atom is -0.389 e. The molecule has 0 heterocycles. The van der Waals surface area contributed by atoms with Crippen LogP contribution in [0, 0.1) is 0 Å². The molecule has 1 unspecified atom stereocenters. The Hall–Kier alpha value is -0.120. The molecule has 13 heavy (non-hydrogen) atoms. The molecule has 0 amide bonds. The van der Waals surface area contributed by atoms with E-state index in [0.29, 0.717) is 6.54 Å². The van der Waals surface area contributed by atoms with Gasteiger partial charge in [-0.05, 0) is 20.3 Å². The molecule has 3 nitrogen and oxygen atoms in total. The van der Waals surface area contributed by atoms with Gasteiger partial charge in [0.15, 0.2) is 0 Å². The van der Waals surface area contributed by atoms with Crippen LogP contribution in [0.15, 0.2) is 0 Å². The molecule has 0 radical (unpaired) electrons. The van der Waals surface area contributed by atoms with Crippen LogP contribution < -0.4 is 5.32 Å². The molecule has 0 fully saturated rings. The molecule has 0 rings (SSSR count). The molecule has 0 aliphatic carbocycles. The number of aliphatic hydroxyl groups is 1. The van der Waals surface area contributed by atoms with Gasteiger partial charge in [-0.2, -0.15) is 0 Å². The van der Waals surface area contributed by atoms with Crippen molar-refractivity contribution in [2.75, 3.05) is 26.3 Å². The SMILES string of the molecule is CCCC(C)(O)CNCCOCC. The Bertz CT molecular complexity index is 115. The highest BCUT2D eigenvalue weighted by atomic mass is 16.5. The quantitative estimate of drug-likeness (QED) is 0.563. The molecule has 0 saturated carbocycles. The third-order valence-corrected chi connectivity index (χ3v) is 1.92. The highest BCUT2D eigenvalue weighted by Gasteiger charge is 2.17. The fraction of sp³-hybridized carbons (Fsp3) is 1.00.